The van der Waals surface area contributed by atoms with Crippen molar-refractivity contribution >= 4 is 52.1 Å². The predicted octanol–water partition coefficient (Wildman–Crippen LogP) is -3.29. The van der Waals surface area contributed by atoms with Gasteiger partial charge in [-0.3, -0.25) is 0 Å². The molecule has 0 unspecified atom stereocenters. The second-order valence-electron chi connectivity index (χ2n) is 3.82. The molecule has 0 fully saturated rings. The van der Waals surface area contributed by atoms with Crippen LogP contribution in [0.1, 0.15) is 0 Å². The second-order valence-corrected chi connectivity index (χ2v) is 8.41. The Morgan fingerprint density at radius 2 is 0.792 bits per heavy atom. The molecule has 24 heavy (non-hydrogen) atoms. The van der Waals surface area contributed by atoms with Crippen molar-refractivity contribution in [3.63, 3.8) is 0 Å². The molecule has 6 nitrogen and oxygen atoms in total. The van der Waals surface area contributed by atoms with Crippen LogP contribution in [0, 0.1) is 0 Å². The van der Waals surface area contributed by atoms with E-state index in [0.717, 1.165) is 8.95 Å². The Labute approximate surface area is 201 Å². The minimum absolute atomic E-state index is 0. The molecule has 0 aromatic heterocycles. The Balaban J connectivity index is 0. The third kappa shape index (κ3) is 10.4. The van der Waals surface area contributed by atoms with E-state index in [1.807, 2.05) is 0 Å². The SMILES string of the molecule is O=S(=O)([O-])c1ccc(Br)cc1.O=S(=O)([O-])c1ccc(Br)cc1.[Na+].[Na+]. The van der Waals surface area contributed by atoms with Gasteiger partial charge in [0.15, 0.2) is 0 Å². The molecule has 0 amide bonds. The summed E-state index contributed by atoms with van der Waals surface area (Å²) in [5, 5.41) is 0. The molecule has 0 saturated heterocycles. The van der Waals surface area contributed by atoms with E-state index < -0.39 is 20.2 Å². The van der Waals surface area contributed by atoms with E-state index >= 15 is 0 Å². The van der Waals surface area contributed by atoms with Crippen molar-refractivity contribution in [3.05, 3.63) is 57.5 Å². The molecular formula is C12H8Br2Na2O6S2. The van der Waals surface area contributed by atoms with Crippen LogP contribution in [0.5, 0.6) is 0 Å². The van der Waals surface area contributed by atoms with E-state index in [2.05, 4.69) is 31.9 Å². The van der Waals surface area contributed by atoms with Crippen molar-refractivity contribution in [1.82, 2.24) is 0 Å². The van der Waals surface area contributed by atoms with E-state index in [1.54, 1.807) is 0 Å². The van der Waals surface area contributed by atoms with E-state index in [-0.39, 0.29) is 68.9 Å². The average Bonchev–Trinajstić information content (AvgIpc) is 2.38. The summed E-state index contributed by atoms with van der Waals surface area (Å²) in [5.41, 5.74) is 0. The second kappa shape index (κ2) is 11.8. The Hall–Kier alpha value is 1.22. The molecule has 12 heteroatoms. The first kappa shape index (κ1) is 27.4. The molecule has 0 bridgehead atoms. The average molecular weight is 518 g/mol. The van der Waals surface area contributed by atoms with Crippen molar-refractivity contribution in [1.29, 1.82) is 0 Å². The molecule has 0 heterocycles. The van der Waals surface area contributed by atoms with E-state index in [4.69, 9.17) is 0 Å². The molecule has 0 N–H and O–H groups in total. The van der Waals surface area contributed by atoms with Gasteiger partial charge < -0.3 is 9.11 Å². The van der Waals surface area contributed by atoms with Gasteiger partial charge in [0, 0.05) is 8.95 Å². The third-order valence-electron chi connectivity index (χ3n) is 2.20. The van der Waals surface area contributed by atoms with Crippen LogP contribution in [0.15, 0.2) is 67.3 Å². The van der Waals surface area contributed by atoms with Gasteiger partial charge in [-0.05, 0) is 48.5 Å². The van der Waals surface area contributed by atoms with Crippen LogP contribution in [0.25, 0.3) is 0 Å². The maximum atomic E-state index is 10.4. The van der Waals surface area contributed by atoms with Crippen LogP contribution in [0.3, 0.4) is 0 Å². The number of halogens is 2. The number of rotatable bonds is 2. The summed E-state index contributed by atoms with van der Waals surface area (Å²) in [4.78, 5) is -0.415. The molecule has 2 rings (SSSR count). The summed E-state index contributed by atoms with van der Waals surface area (Å²) in [7, 11) is -8.58. The van der Waals surface area contributed by atoms with Crippen LogP contribution in [0.4, 0.5) is 0 Å². The van der Waals surface area contributed by atoms with Crippen LogP contribution in [0.2, 0.25) is 0 Å². The summed E-state index contributed by atoms with van der Waals surface area (Å²) in [6.45, 7) is 0. The van der Waals surface area contributed by atoms with Gasteiger partial charge in [0.25, 0.3) is 0 Å². The summed E-state index contributed by atoms with van der Waals surface area (Å²) < 4.78 is 63.7. The first-order valence-corrected chi connectivity index (χ1v) is 9.83. The monoisotopic (exact) mass is 516 g/mol. The van der Waals surface area contributed by atoms with Crippen molar-refractivity contribution < 1.29 is 85.1 Å². The van der Waals surface area contributed by atoms with Gasteiger partial charge in [-0.2, -0.15) is 0 Å². The molecule has 120 valence electrons. The normalized spacial score (nSPS) is 10.5. The van der Waals surface area contributed by atoms with Crippen molar-refractivity contribution in [2.24, 2.45) is 0 Å². The number of hydrogen-bond donors (Lipinski definition) is 0. The summed E-state index contributed by atoms with van der Waals surface area (Å²) in [6.07, 6.45) is 0. The standard InChI is InChI=1S/2C6H5BrO3S.2Na/c2*7-5-1-3-6(4-2-5)11(8,9)10;;/h2*1-4H,(H,8,9,10);;/q;;2*+1/p-2. The minimum Gasteiger partial charge on any atom is -0.744 e. The van der Waals surface area contributed by atoms with E-state index in [0.29, 0.717) is 0 Å². The molecule has 0 atom stereocenters. The zero-order valence-corrected chi connectivity index (χ0v) is 21.4. The topological polar surface area (TPSA) is 114 Å². The molecule has 2 aromatic rings. The maximum Gasteiger partial charge on any atom is 1.00 e. The largest absolute Gasteiger partial charge is 1.00 e. The molecular weight excluding hydrogens is 510 g/mol. The van der Waals surface area contributed by atoms with Crippen LogP contribution < -0.4 is 59.1 Å². The fraction of sp³-hybridized carbons (Fsp3) is 0. The van der Waals surface area contributed by atoms with Crippen LogP contribution in [-0.4, -0.2) is 25.9 Å². The molecule has 2 aromatic carbocycles. The maximum absolute atomic E-state index is 10.4. The van der Waals surface area contributed by atoms with Crippen LogP contribution >= 0.6 is 31.9 Å². The molecule has 0 aliphatic heterocycles. The Morgan fingerprint density at radius 3 is 0.958 bits per heavy atom. The van der Waals surface area contributed by atoms with Gasteiger partial charge >= 0.3 is 59.1 Å². The quantitative estimate of drug-likeness (QED) is 0.305. The van der Waals surface area contributed by atoms with Gasteiger partial charge in [-0.1, -0.05) is 31.9 Å². The Morgan fingerprint density at radius 1 is 0.583 bits per heavy atom. The number of benzene rings is 2. The molecule has 0 saturated carbocycles. The molecule has 0 aliphatic rings. The summed E-state index contributed by atoms with van der Waals surface area (Å²) >= 11 is 6.23. The molecule has 0 spiro atoms. The first-order valence-electron chi connectivity index (χ1n) is 5.43. The fourth-order valence-corrected chi connectivity index (χ4v) is 2.67. The summed E-state index contributed by atoms with van der Waals surface area (Å²) in [6, 6.07) is 11.0. The van der Waals surface area contributed by atoms with E-state index in [9.17, 15) is 25.9 Å². The fourth-order valence-electron chi connectivity index (χ4n) is 1.20. The number of hydrogen-bond acceptors (Lipinski definition) is 6. The van der Waals surface area contributed by atoms with E-state index in [1.165, 1.54) is 48.5 Å². The minimum atomic E-state index is -4.29. The van der Waals surface area contributed by atoms with Crippen LogP contribution in [-0.2, 0) is 20.2 Å². The Bertz CT molecular complexity index is 765. The summed E-state index contributed by atoms with van der Waals surface area (Å²) in [5.74, 6) is 0. The van der Waals surface area contributed by atoms with Gasteiger partial charge in [-0.25, -0.2) is 16.8 Å². The van der Waals surface area contributed by atoms with Gasteiger partial charge in [0.1, 0.15) is 20.2 Å². The van der Waals surface area contributed by atoms with Crippen molar-refractivity contribution in [2.45, 2.75) is 9.79 Å². The van der Waals surface area contributed by atoms with Gasteiger partial charge in [0.2, 0.25) is 0 Å². The molecule has 0 aliphatic carbocycles. The van der Waals surface area contributed by atoms with Crippen molar-refractivity contribution in [3.8, 4) is 0 Å². The molecule has 0 radical (unpaired) electrons. The zero-order chi connectivity index (χ0) is 17.0. The Kier molecular flexibility index (Phi) is 13.5. The smallest absolute Gasteiger partial charge is 0.744 e. The van der Waals surface area contributed by atoms with Gasteiger partial charge in [0.05, 0.1) is 9.79 Å². The van der Waals surface area contributed by atoms with Crippen molar-refractivity contribution in [2.75, 3.05) is 0 Å². The third-order valence-corrected chi connectivity index (χ3v) is 4.96. The predicted molar refractivity (Wildman–Crippen MR) is 84.2 cm³/mol. The zero-order valence-electron chi connectivity index (χ0n) is 12.6. The van der Waals surface area contributed by atoms with Gasteiger partial charge in [-0.15, -0.1) is 0 Å². The first-order chi connectivity index (χ1) is 10.00.